The molecule has 3 aromatic heterocycles. The Kier molecular flexibility index (Phi) is 7.24. The number of thioether (sulfide) groups is 2. The van der Waals surface area contributed by atoms with E-state index in [2.05, 4.69) is 21.2 Å². The maximum Gasteiger partial charge on any atom is 0.352 e. The highest BCUT2D eigenvalue weighted by Gasteiger charge is 2.53. The fourth-order valence-corrected chi connectivity index (χ4v) is 9.55. The topological polar surface area (TPSA) is 104 Å². The lowest BCUT2D eigenvalue weighted by Crippen LogP contribution is -2.70. The normalized spacial score (nSPS) is 19.8. The number of fused-ring (bicyclic) bond motifs is 2. The fraction of sp³-hybridized carbons (Fsp3) is 0.182. The van der Waals surface area contributed by atoms with Crippen LogP contribution in [-0.4, -0.2) is 45.0 Å². The predicted octanol–water partition coefficient (Wildman–Crippen LogP) is 4.73. The zero-order chi connectivity index (χ0) is 24.7. The van der Waals surface area contributed by atoms with Gasteiger partial charge in [-0.25, -0.2) is 4.79 Å². The molecule has 2 atom stereocenters. The van der Waals surface area contributed by atoms with Gasteiger partial charge < -0.3 is 10.4 Å². The van der Waals surface area contributed by atoms with Crippen LogP contribution in [0.4, 0.5) is 0 Å². The summed E-state index contributed by atoms with van der Waals surface area (Å²) in [4.78, 5) is 51.9. The quantitative estimate of drug-likeness (QED) is 0.288. The molecule has 3 aromatic rings. The number of hydrogen-bond donors (Lipinski definition) is 2. The second kappa shape index (κ2) is 10.2. The van der Waals surface area contributed by atoms with Gasteiger partial charge in [0.15, 0.2) is 0 Å². The van der Waals surface area contributed by atoms with Gasteiger partial charge in [0.25, 0.3) is 5.91 Å². The smallest absolute Gasteiger partial charge is 0.352 e. The summed E-state index contributed by atoms with van der Waals surface area (Å²) in [6.07, 6.45) is 1.86. The highest BCUT2D eigenvalue weighted by atomic mass is 79.9. The number of carboxylic acids is 1. The summed E-state index contributed by atoms with van der Waals surface area (Å²) < 4.78 is 2.86. The molecule has 1 unspecified atom stereocenters. The van der Waals surface area contributed by atoms with Gasteiger partial charge in [-0.15, -0.1) is 45.8 Å². The Morgan fingerprint density at radius 2 is 2.09 bits per heavy atom. The molecular formula is C22H15BrN2O5S5. The average Bonchev–Trinajstić information content (AvgIpc) is 3.52. The molecule has 0 bridgehead atoms. The summed E-state index contributed by atoms with van der Waals surface area (Å²) in [6.45, 7) is 0. The van der Waals surface area contributed by atoms with Gasteiger partial charge in [-0.1, -0.05) is 17.8 Å². The molecule has 5 rings (SSSR count). The number of nitrogens with zero attached hydrogens (tertiary/aromatic N) is 1. The first-order valence-corrected chi connectivity index (χ1v) is 15.4. The second-order valence-electron chi connectivity index (χ2n) is 7.46. The third kappa shape index (κ3) is 4.77. The number of hydrogen-bond acceptors (Lipinski definition) is 9. The SMILES string of the molecule is O=C(Cc1cccs1)NC1C(=O)N2C(C(=O)O)=C(C=CSc3sc4ccsc4c(=O)c3Br)CS[C@H]12. The Morgan fingerprint density at radius 1 is 1.26 bits per heavy atom. The van der Waals surface area contributed by atoms with Crippen molar-refractivity contribution in [1.82, 2.24) is 10.2 Å². The van der Waals surface area contributed by atoms with Crippen molar-refractivity contribution >= 4 is 101 Å². The molecule has 35 heavy (non-hydrogen) atoms. The first-order chi connectivity index (χ1) is 16.8. The average molecular weight is 628 g/mol. The Hall–Kier alpha value is -1.90. The largest absolute Gasteiger partial charge is 0.477 e. The molecule has 0 radical (unpaired) electrons. The van der Waals surface area contributed by atoms with Crippen LogP contribution in [0, 0.1) is 0 Å². The number of allylic oxidation sites excluding steroid dienone is 1. The summed E-state index contributed by atoms with van der Waals surface area (Å²) >= 11 is 10.5. The van der Waals surface area contributed by atoms with Crippen LogP contribution < -0.4 is 10.7 Å². The van der Waals surface area contributed by atoms with Crippen LogP contribution in [0.3, 0.4) is 0 Å². The summed E-state index contributed by atoms with van der Waals surface area (Å²) in [5.74, 6) is -1.50. The predicted molar refractivity (Wildman–Crippen MR) is 146 cm³/mol. The molecule has 1 fully saturated rings. The standard InChI is InChI=1S/C22H15BrN2O5S5/c23-14-17(27)18-12(4-7-32-18)35-22(14)33-6-3-10-9-34-20-15(19(28)25(20)16(10)21(29)30)24-13(26)8-11-2-1-5-31-11/h1-7,15,20H,8-9H2,(H,24,26)(H,29,30)/t15?,20-/m1/s1. The molecule has 7 nitrogen and oxygen atoms in total. The number of thiophene rings is 2. The number of halogens is 1. The number of aliphatic carboxylic acids is 1. The minimum absolute atomic E-state index is 0.0653. The van der Waals surface area contributed by atoms with Crippen LogP contribution >= 0.6 is 73.5 Å². The van der Waals surface area contributed by atoms with Gasteiger partial charge in [-0.3, -0.25) is 19.3 Å². The van der Waals surface area contributed by atoms with Crippen LogP contribution in [0.15, 0.2) is 65.2 Å². The zero-order valence-corrected chi connectivity index (χ0v) is 23.2. The molecule has 2 aliphatic heterocycles. The van der Waals surface area contributed by atoms with Crippen molar-refractivity contribution in [2.45, 2.75) is 22.0 Å². The number of carboxylic acid groups (broad SMARTS) is 1. The number of carbonyl (C=O) groups is 3. The second-order valence-corrected chi connectivity index (χ2v) is 13.5. The van der Waals surface area contributed by atoms with Gasteiger partial charge in [0.2, 0.25) is 11.3 Å². The lowest BCUT2D eigenvalue weighted by Gasteiger charge is -2.49. The van der Waals surface area contributed by atoms with Crippen molar-refractivity contribution in [2.75, 3.05) is 5.75 Å². The first-order valence-electron chi connectivity index (χ1n) is 10.1. The minimum atomic E-state index is -1.19. The van der Waals surface area contributed by atoms with Crippen molar-refractivity contribution in [1.29, 1.82) is 0 Å². The number of nitrogens with one attached hydrogen (secondary N) is 1. The summed E-state index contributed by atoms with van der Waals surface area (Å²) in [6, 6.07) is 4.87. The first kappa shape index (κ1) is 24.8. The van der Waals surface area contributed by atoms with Gasteiger partial charge in [-0.05, 0) is 55.9 Å². The summed E-state index contributed by atoms with van der Waals surface area (Å²) in [5.41, 5.74) is 0.368. The third-order valence-corrected chi connectivity index (χ3v) is 12.0. The van der Waals surface area contributed by atoms with Gasteiger partial charge in [0, 0.05) is 10.6 Å². The Labute approximate surface area is 228 Å². The monoisotopic (exact) mass is 626 g/mol. The van der Waals surface area contributed by atoms with Crippen LogP contribution in [0.5, 0.6) is 0 Å². The number of rotatable bonds is 7. The molecule has 0 spiro atoms. The highest BCUT2D eigenvalue weighted by Crippen LogP contribution is 2.41. The van der Waals surface area contributed by atoms with E-state index in [1.165, 1.54) is 62.4 Å². The van der Waals surface area contributed by atoms with Gasteiger partial charge in [0.1, 0.15) is 17.1 Å². The van der Waals surface area contributed by atoms with Crippen LogP contribution in [-0.2, 0) is 20.8 Å². The zero-order valence-electron chi connectivity index (χ0n) is 17.6. The van der Waals surface area contributed by atoms with Gasteiger partial charge >= 0.3 is 5.97 Å². The molecule has 0 saturated carbocycles. The highest BCUT2D eigenvalue weighted by molar-refractivity contribution is 9.10. The van der Waals surface area contributed by atoms with Crippen LogP contribution in [0.1, 0.15) is 4.88 Å². The van der Waals surface area contributed by atoms with E-state index in [-0.39, 0.29) is 23.5 Å². The van der Waals surface area contributed by atoms with E-state index < -0.39 is 23.3 Å². The van der Waals surface area contributed by atoms with Crippen LogP contribution in [0.2, 0.25) is 0 Å². The maximum atomic E-state index is 12.8. The number of carbonyl (C=O) groups excluding carboxylic acids is 2. The fourth-order valence-electron chi connectivity index (χ4n) is 3.70. The molecule has 0 aromatic carbocycles. The van der Waals surface area contributed by atoms with E-state index in [9.17, 15) is 24.3 Å². The Balaban J connectivity index is 1.31. The molecule has 2 N–H and O–H groups in total. The van der Waals surface area contributed by atoms with E-state index >= 15 is 0 Å². The van der Waals surface area contributed by atoms with Crippen molar-refractivity contribution in [3.05, 3.63) is 71.3 Å². The van der Waals surface area contributed by atoms with E-state index in [0.717, 1.165) is 13.8 Å². The molecule has 2 aliphatic rings. The molecular weight excluding hydrogens is 612 g/mol. The van der Waals surface area contributed by atoms with Crippen molar-refractivity contribution in [2.24, 2.45) is 0 Å². The third-order valence-electron chi connectivity index (χ3n) is 5.29. The summed E-state index contributed by atoms with van der Waals surface area (Å²) in [7, 11) is 0. The Bertz CT molecular complexity index is 1460. The minimum Gasteiger partial charge on any atom is -0.477 e. The maximum absolute atomic E-state index is 12.8. The van der Waals surface area contributed by atoms with E-state index in [0.29, 0.717) is 20.5 Å². The van der Waals surface area contributed by atoms with Crippen molar-refractivity contribution in [3.8, 4) is 0 Å². The molecule has 1 saturated heterocycles. The van der Waals surface area contributed by atoms with Crippen molar-refractivity contribution < 1.29 is 19.5 Å². The number of amides is 2. The molecule has 180 valence electrons. The van der Waals surface area contributed by atoms with Crippen LogP contribution in [0.25, 0.3) is 9.40 Å². The lowest BCUT2D eigenvalue weighted by molar-refractivity contribution is -0.150. The van der Waals surface area contributed by atoms with Gasteiger partial charge in [0.05, 0.1) is 24.5 Å². The van der Waals surface area contributed by atoms with E-state index in [1.54, 1.807) is 11.5 Å². The Morgan fingerprint density at radius 3 is 2.83 bits per heavy atom. The molecule has 0 aliphatic carbocycles. The lowest BCUT2D eigenvalue weighted by atomic mass is 10.0. The van der Waals surface area contributed by atoms with Gasteiger partial charge in [-0.2, -0.15) is 0 Å². The molecule has 2 amide bonds. The molecule has 13 heteroatoms. The van der Waals surface area contributed by atoms with E-state index in [4.69, 9.17) is 0 Å². The number of β-lactam (4-membered cyclic amide) rings is 1. The van der Waals surface area contributed by atoms with E-state index in [1.807, 2.05) is 29.0 Å². The summed E-state index contributed by atoms with van der Waals surface area (Å²) in [5, 5.41) is 17.6. The van der Waals surface area contributed by atoms with Crippen molar-refractivity contribution in [3.63, 3.8) is 0 Å². The molecule has 5 heterocycles.